The summed E-state index contributed by atoms with van der Waals surface area (Å²) in [6.45, 7) is 4.37. The minimum absolute atomic E-state index is 0.104. The Morgan fingerprint density at radius 3 is 2.67 bits per heavy atom. The number of carbonyl (C=O) groups is 2. The van der Waals surface area contributed by atoms with Crippen LogP contribution in [0.4, 0.5) is 0 Å². The molecule has 0 bridgehead atoms. The molecule has 0 atom stereocenters. The summed E-state index contributed by atoms with van der Waals surface area (Å²) in [7, 11) is 1.58. The first-order valence-corrected chi connectivity index (χ1v) is 10.5. The van der Waals surface area contributed by atoms with Crippen molar-refractivity contribution in [3.05, 3.63) is 50.6 Å². The van der Waals surface area contributed by atoms with Crippen LogP contribution in [0.15, 0.2) is 39.5 Å². The van der Waals surface area contributed by atoms with E-state index in [0.717, 1.165) is 29.7 Å². The number of hydrogen-bond donors (Lipinski definition) is 1. The first-order chi connectivity index (χ1) is 13.1. The van der Waals surface area contributed by atoms with Gasteiger partial charge in [0, 0.05) is 49.1 Å². The number of piperazine rings is 1. The number of benzene rings is 1. The fraction of sp³-hybridized carbons (Fsp3) is 0.368. The Balaban J connectivity index is 1.43. The molecule has 1 saturated heterocycles. The average Bonchev–Trinajstić information content (AvgIpc) is 3.23. The fourth-order valence-corrected chi connectivity index (χ4v) is 4.03. The Labute approximate surface area is 171 Å². The van der Waals surface area contributed by atoms with E-state index in [9.17, 15) is 9.59 Å². The molecule has 3 rings (SSSR count). The minimum Gasteiger partial charge on any atom is -0.497 e. The predicted octanol–water partition coefficient (Wildman–Crippen LogP) is 2.71. The van der Waals surface area contributed by atoms with Crippen molar-refractivity contribution in [2.45, 2.75) is 0 Å². The molecular weight excluding hydrogens is 430 g/mol. The number of carbonyl (C=O) groups excluding carboxylic acids is 2. The van der Waals surface area contributed by atoms with Gasteiger partial charge in [-0.25, -0.2) is 0 Å². The van der Waals surface area contributed by atoms with Crippen LogP contribution in [0.3, 0.4) is 0 Å². The van der Waals surface area contributed by atoms with E-state index in [4.69, 9.17) is 4.74 Å². The molecule has 0 spiro atoms. The van der Waals surface area contributed by atoms with Crippen LogP contribution in [0.1, 0.15) is 20.7 Å². The van der Waals surface area contributed by atoms with Crippen molar-refractivity contribution in [3.8, 4) is 5.75 Å². The van der Waals surface area contributed by atoms with Gasteiger partial charge in [0.2, 0.25) is 0 Å². The lowest BCUT2D eigenvalue weighted by atomic mass is 10.2. The molecule has 27 heavy (non-hydrogen) atoms. The summed E-state index contributed by atoms with van der Waals surface area (Å²) in [6.07, 6.45) is 0. The Morgan fingerprint density at radius 2 is 2.00 bits per heavy atom. The quantitative estimate of drug-likeness (QED) is 0.733. The number of thiophene rings is 1. The highest BCUT2D eigenvalue weighted by Gasteiger charge is 2.22. The molecule has 1 fully saturated rings. The van der Waals surface area contributed by atoms with Gasteiger partial charge in [-0.3, -0.25) is 14.5 Å². The summed E-state index contributed by atoms with van der Waals surface area (Å²) in [5, 5.41) is 6.76. The Hall–Kier alpha value is -1.90. The second-order valence-electron chi connectivity index (χ2n) is 6.25. The number of nitrogens with one attached hydrogen (secondary N) is 1. The Bertz CT molecular complexity index is 790. The second-order valence-corrected chi connectivity index (χ2v) is 7.88. The standard InChI is InChI=1S/C19H22BrN3O3S/c1-26-15-2-3-17(20)16(12-15)18(24)21-5-6-22-7-9-23(10-8-22)19(25)14-4-11-27-13-14/h2-4,11-13H,5-10H2,1H3,(H,21,24). The van der Waals surface area contributed by atoms with Gasteiger partial charge in [-0.2, -0.15) is 11.3 Å². The third kappa shape index (κ3) is 5.09. The van der Waals surface area contributed by atoms with Crippen LogP contribution >= 0.6 is 27.3 Å². The van der Waals surface area contributed by atoms with Crippen molar-refractivity contribution in [2.24, 2.45) is 0 Å². The van der Waals surface area contributed by atoms with Crippen molar-refractivity contribution in [1.82, 2.24) is 15.1 Å². The van der Waals surface area contributed by atoms with E-state index in [1.54, 1.807) is 25.3 Å². The third-order valence-corrected chi connectivity index (χ3v) is 5.93. The van der Waals surface area contributed by atoms with Gasteiger partial charge >= 0.3 is 0 Å². The molecule has 0 radical (unpaired) electrons. The van der Waals surface area contributed by atoms with E-state index in [1.807, 2.05) is 21.7 Å². The average molecular weight is 452 g/mol. The van der Waals surface area contributed by atoms with Crippen LogP contribution in [-0.2, 0) is 0 Å². The van der Waals surface area contributed by atoms with Gasteiger partial charge in [0.25, 0.3) is 11.8 Å². The van der Waals surface area contributed by atoms with Crippen LogP contribution in [0.25, 0.3) is 0 Å². The molecule has 1 aliphatic rings. The molecule has 1 aromatic carbocycles. The molecule has 1 aromatic heterocycles. The van der Waals surface area contributed by atoms with Gasteiger partial charge in [-0.1, -0.05) is 0 Å². The van der Waals surface area contributed by atoms with Gasteiger partial charge in [-0.05, 0) is 45.6 Å². The summed E-state index contributed by atoms with van der Waals surface area (Å²) in [4.78, 5) is 28.9. The van der Waals surface area contributed by atoms with E-state index in [-0.39, 0.29) is 11.8 Å². The molecule has 2 heterocycles. The third-order valence-electron chi connectivity index (χ3n) is 4.56. The van der Waals surface area contributed by atoms with E-state index < -0.39 is 0 Å². The number of ether oxygens (including phenoxy) is 1. The zero-order chi connectivity index (χ0) is 19.2. The predicted molar refractivity (Wildman–Crippen MR) is 110 cm³/mol. The highest BCUT2D eigenvalue weighted by Crippen LogP contribution is 2.22. The van der Waals surface area contributed by atoms with Crippen molar-refractivity contribution in [1.29, 1.82) is 0 Å². The first-order valence-electron chi connectivity index (χ1n) is 8.74. The molecule has 2 amide bonds. The van der Waals surface area contributed by atoms with Gasteiger partial charge in [-0.15, -0.1) is 0 Å². The highest BCUT2D eigenvalue weighted by molar-refractivity contribution is 9.10. The normalized spacial score (nSPS) is 14.8. The zero-order valence-corrected chi connectivity index (χ0v) is 17.5. The molecule has 144 valence electrons. The number of hydrogen-bond acceptors (Lipinski definition) is 5. The highest BCUT2D eigenvalue weighted by atomic mass is 79.9. The van der Waals surface area contributed by atoms with Gasteiger partial charge in [0.1, 0.15) is 5.75 Å². The topological polar surface area (TPSA) is 61.9 Å². The molecule has 0 unspecified atom stereocenters. The number of halogens is 1. The summed E-state index contributed by atoms with van der Waals surface area (Å²) in [5.41, 5.74) is 1.32. The second kappa shape index (κ2) is 9.34. The number of amides is 2. The van der Waals surface area contributed by atoms with Gasteiger partial charge < -0.3 is 15.0 Å². The van der Waals surface area contributed by atoms with Crippen LogP contribution in [0, 0.1) is 0 Å². The number of rotatable bonds is 6. The zero-order valence-electron chi connectivity index (χ0n) is 15.1. The van der Waals surface area contributed by atoms with E-state index >= 15 is 0 Å². The maximum Gasteiger partial charge on any atom is 0.254 e. The maximum absolute atomic E-state index is 12.4. The molecule has 0 aliphatic carbocycles. The summed E-state index contributed by atoms with van der Waals surface area (Å²) in [6, 6.07) is 7.19. The van der Waals surface area contributed by atoms with E-state index in [2.05, 4.69) is 26.1 Å². The first kappa shape index (κ1) is 19.9. The number of methoxy groups -OCH3 is 1. The Morgan fingerprint density at radius 1 is 1.22 bits per heavy atom. The lowest BCUT2D eigenvalue weighted by molar-refractivity contribution is 0.0638. The molecular formula is C19H22BrN3O3S. The largest absolute Gasteiger partial charge is 0.497 e. The molecule has 0 saturated carbocycles. The molecule has 6 nitrogen and oxygen atoms in total. The molecule has 8 heteroatoms. The maximum atomic E-state index is 12.4. The summed E-state index contributed by atoms with van der Waals surface area (Å²) >= 11 is 4.94. The fourth-order valence-electron chi connectivity index (χ4n) is 2.97. The molecule has 1 aliphatic heterocycles. The van der Waals surface area contributed by atoms with E-state index in [1.165, 1.54) is 11.3 Å². The Kier molecular flexibility index (Phi) is 6.87. The van der Waals surface area contributed by atoms with Crippen LogP contribution in [-0.4, -0.2) is 68.0 Å². The van der Waals surface area contributed by atoms with Gasteiger partial charge in [0.05, 0.1) is 18.2 Å². The van der Waals surface area contributed by atoms with Crippen molar-refractivity contribution >= 4 is 39.1 Å². The van der Waals surface area contributed by atoms with Crippen molar-refractivity contribution < 1.29 is 14.3 Å². The molecule has 1 N–H and O–H groups in total. The lowest BCUT2D eigenvalue weighted by Gasteiger charge is -2.34. The van der Waals surface area contributed by atoms with Gasteiger partial charge in [0.15, 0.2) is 0 Å². The monoisotopic (exact) mass is 451 g/mol. The SMILES string of the molecule is COc1ccc(Br)c(C(=O)NCCN2CCN(C(=O)c3ccsc3)CC2)c1. The van der Waals surface area contributed by atoms with Crippen LogP contribution in [0.2, 0.25) is 0 Å². The summed E-state index contributed by atoms with van der Waals surface area (Å²) < 4.78 is 5.91. The van der Waals surface area contributed by atoms with Crippen LogP contribution < -0.4 is 10.1 Å². The minimum atomic E-state index is -0.132. The van der Waals surface area contributed by atoms with Crippen molar-refractivity contribution in [3.63, 3.8) is 0 Å². The van der Waals surface area contributed by atoms with Crippen molar-refractivity contribution in [2.75, 3.05) is 46.4 Å². The molecule has 2 aromatic rings. The van der Waals surface area contributed by atoms with Crippen LogP contribution in [0.5, 0.6) is 5.75 Å². The summed E-state index contributed by atoms with van der Waals surface area (Å²) in [5.74, 6) is 0.619. The van der Waals surface area contributed by atoms with E-state index in [0.29, 0.717) is 30.9 Å². The lowest BCUT2D eigenvalue weighted by Crippen LogP contribution is -2.50. The smallest absolute Gasteiger partial charge is 0.254 e. The number of nitrogens with zero attached hydrogens (tertiary/aromatic N) is 2.